The Hall–Kier alpha value is -2.82. The highest BCUT2D eigenvalue weighted by atomic mass is 79.9. The lowest BCUT2D eigenvalue weighted by atomic mass is 9.94. The Balaban J connectivity index is 1.86. The van der Waals surface area contributed by atoms with Crippen molar-refractivity contribution in [2.24, 2.45) is 11.7 Å². The van der Waals surface area contributed by atoms with E-state index in [4.69, 9.17) is 5.73 Å². The van der Waals surface area contributed by atoms with Crippen molar-refractivity contribution in [1.82, 2.24) is 0 Å². The summed E-state index contributed by atoms with van der Waals surface area (Å²) in [5.74, 6) is 0.130. The monoisotopic (exact) mass is 576 g/mol. The van der Waals surface area contributed by atoms with Crippen molar-refractivity contribution in [2.75, 3.05) is 19.0 Å². The minimum atomic E-state index is 0.130. The van der Waals surface area contributed by atoms with Gasteiger partial charge >= 0.3 is 0 Å². The molecular weight excluding hydrogens is 548 g/mol. The summed E-state index contributed by atoms with van der Waals surface area (Å²) in [6.07, 6.45) is 8.46. The number of hydrogen-bond acceptors (Lipinski definition) is 2. The summed E-state index contributed by atoms with van der Waals surface area (Å²) in [7, 11) is 4.09. The second-order valence-electron chi connectivity index (χ2n) is 8.42. The predicted molar refractivity (Wildman–Crippen MR) is 157 cm³/mol. The van der Waals surface area contributed by atoms with Crippen LogP contribution in [0.2, 0.25) is 0 Å². The van der Waals surface area contributed by atoms with Crippen LogP contribution < -0.4 is 10.6 Å². The van der Waals surface area contributed by atoms with Gasteiger partial charge in [0.05, 0.1) is 0 Å². The summed E-state index contributed by atoms with van der Waals surface area (Å²) in [6.45, 7) is 6.48. The van der Waals surface area contributed by atoms with E-state index in [2.05, 4.69) is 105 Å². The second kappa shape index (κ2) is 12.0. The number of anilines is 1. The predicted octanol–water partition coefficient (Wildman–Crippen LogP) is 8.57. The Bertz CT molecular complexity index is 1200. The molecule has 174 valence electrons. The Morgan fingerprint density at radius 3 is 1.91 bits per heavy atom. The summed E-state index contributed by atoms with van der Waals surface area (Å²) >= 11 is 7.01. The average Bonchev–Trinajstić information content (AvgIpc) is 2.83. The van der Waals surface area contributed by atoms with Crippen molar-refractivity contribution < 1.29 is 0 Å². The first kappa shape index (κ1) is 25.8. The number of allylic oxidation sites excluding steroid dienone is 5. The fraction of sp³-hybridized carbons (Fsp3) is 0.133. The molecule has 0 aromatic heterocycles. The van der Waals surface area contributed by atoms with Crippen LogP contribution in [0.25, 0.3) is 17.3 Å². The van der Waals surface area contributed by atoms with Crippen molar-refractivity contribution in [3.8, 4) is 0 Å². The van der Waals surface area contributed by atoms with Crippen molar-refractivity contribution in [3.63, 3.8) is 0 Å². The fourth-order valence-corrected chi connectivity index (χ4v) is 3.91. The zero-order chi connectivity index (χ0) is 24.7. The van der Waals surface area contributed by atoms with Gasteiger partial charge in [0.2, 0.25) is 0 Å². The smallest absolute Gasteiger partial charge is 0.0393 e. The summed E-state index contributed by atoms with van der Waals surface area (Å²) in [4.78, 5) is 2.09. The highest BCUT2D eigenvalue weighted by molar-refractivity contribution is 9.10. The molecule has 34 heavy (non-hydrogen) atoms. The van der Waals surface area contributed by atoms with E-state index in [1.165, 1.54) is 5.69 Å². The number of hydrogen-bond donors (Lipinski definition) is 1. The Morgan fingerprint density at radius 2 is 1.38 bits per heavy atom. The van der Waals surface area contributed by atoms with Crippen molar-refractivity contribution >= 4 is 54.9 Å². The maximum atomic E-state index is 6.49. The van der Waals surface area contributed by atoms with Crippen molar-refractivity contribution in [2.45, 2.75) is 6.92 Å². The van der Waals surface area contributed by atoms with Crippen LogP contribution in [-0.2, 0) is 0 Å². The van der Waals surface area contributed by atoms with Gasteiger partial charge in [0, 0.05) is 34.4 Å². The van der Waals surface area contributed by atoms with E-state index in [1.54, 1.807) is 0 Å². The number of benzene rings is 3. The standard InChI is InChI=1S/C30H30Br2N2/c1-21(5-6-23-7-17-29(18-8-23)34(3)4)22(2)19-26(24-9-13-27(31)14-10-24)20-30(33)25-11-15-28(32)16-12-25/h5-20,22H,1,33H2,2-4H3/b6-5+,26-19+,30-20-/t22-/m0/s1. The minimum absolute atomic E-state index is 0.130. The highest BCUT2D eigenvalue weighted by Crippen LogP contribution is 2.26. The summed E-state index contributed by atoms with van der Waals surface area (Å²) in [5, 5.41) is 0. The molecule has 3 rings (SSSR count). The van der Waals surface area contributed by atoms with Crippen LogP contribution in [0.3, 0.4) is 0 Å². The molecule has 4 heteroatoms. The van der Waals surface area contributed by atoms with Crippen LogP contribution >= 0.6 is 31.9 Å². The van der Waals surface area contributed by atoms with E-state index in [0.717, 1.165) is 42.5 Å². The molecule has 0 bridgehead atoms. The molecule has 1 atom stereocenters. The lowest BCUT2D eigenvalue weighted by Crippen LogP contribution is -2.07. The molecule has 0 saturated carbocycles. The minimum Gasteiger partial charge on any atom is -0.398 e. The molecule has 0 saturated heterocycles. The summed E-state index contributed by atoms with van der Waals surface area (Å²) < 4.78 is 2.07. The fourth-order valence-electron chi connectivity index (χ4n) is 3.38. The van der Waals surface area contributed by atoms with Gasteiger partial charge in [-0.05, 0) is 76.2 Å². The summed E-state index contributed by atoms with van der Waals surface area (Å²) in [6, 6.07) is 24.8. The number of rotatable bonds is 8. The lowest BCUT2D eigenvalue weighted by Gasteiger charge is -2.13. The van der Waals surface area contributed by atoms with E-state index in [9.17, 15) is 0 Å². The zero-order valence-electron chi connectivity index (χ0n) is 19.8. The Labute approximate surface area is 220 Å². The van der Waals surface area contributed by atoms with Gasteiger partial charge in [0.1, 0.15) is 0 Å². The third kappa shape index (κ3) is 7.34. The van der Waals surface area contributed by atoms with E-state index < -0.39 is 0 Å². The third-order valence-corrected chi connectivity index (χ3v) is 6.64. The quantitative estimate of drug-likeness (QED) is 0.272. The van der Waals surface area contributed by atoms with Gasteiger partial charge in [-0.3, -0.25) is 0 Å². The lowest BCUT2D eigenvalue weighted by molar-refractivity contribution is 0.900. The van der Waals surface area contributed by atoms with Crippen LogP contribution in [0.4, 0.5) is 5.69 Å². The van der Waals surface area contributed by atoms with Crippen LogP contribution in [0.15, 0.2) is 112 Å². The molecule has 0 unspecified atom stereocenters. The number of halogens is 2. The van der Waals surface area contributed by atoms with Gasteiger partial charge in [0.15, 0.2) is 0 Å². The van der Waals surface area contributed by atoms with Gasteiger partial charge in [-0.15, -0.1) is 0 Å². The molecule has 0 spiro atoms. The van der Waals surface area contributed by atoms with Gasteiger partial charge in [-0.25, -0.2) is 0 Å². The summed E-state index contributed by atoms with van der Waals surface area (Å²) in [5.41, 5.74) is 13.7. The molecular formula is C30H30Br2N2. The topological polar surface area (TPSA) is 29.3 Å². The molecule has 0 aliphatic rings. The van der Waals surface area contributed by atoms with Gasteiger partial charge in [0.25, 0.3) is 0 Å². The number of nitrogens with two attached hydrogens (primary N) is 1. The van der Waals surface area contributed by atoms with E-state index in [0.29, 0.717) is 0 Å². The molecule has 0 heterocycles. The SMILES string of the molecule is C=C(/C=C/c1ccc(N(C)C)cc1)[C@@H](C)/C=C(\C=C(/N)c1ccc(Br)cc1)c1ccc(Br)cc1. The van der Waals surface area contributed by atoms with E-state index in [-0.39, 0.29) is 5.92 Å². The molecule has 0 aliphatic heterocycles. The van der Waals surface area contributed by atoms with Gasteiger partial charge in [-0.1, -0.05) is 100.0 Å². The first-order valence-corrected chi connectivity index (χ1v) is 12.7. The maximum Gasteiger partial charge on any atom is 0.0393 e. The largest absolute Gasteiger partial charge is 0.398 e. The normalized spacial score (nSPS) is 13.2. The Kier molecular flexibility index (Phi) is 9.14. The van der Waals surface area contributed by atoms with E-state index >= 15 is 0 Å². The molecule has 3 aromatic carbocycles. The molecule has 2 N–H and O–H groups in total. The molecule has 2 nitrogen and oxygen atoms in total. The number of nitrogens with zero attached hydrogens (tertiary/aromatic N) is 1. The van der Waals surface area contributed by atoms with Crippen molar-refractivity contribution in [1.29, 1.82) is 0 Å². The second-order valence-corrected chi connectivity index (χ2v) is 10.2. The molecule has 0 aliphatic carbocycles. The van der Waals surface area contributed by atoms with E-state index in [1.807, 2.05) is 56.6 Å². The first-order chi connectivity index (χ1) is 16.2. The average molecular weight is 578 g/mol. The van der Waals surface area contributed by atoms with Gasteiger partial charge < -0.3 is 10.6 Å². The Morgan fingerprint density at radius 1 is 0.853 bits per heavy atom. The zero-order valence-corrected chi connectivity index (χ0v) is 23.0. The maximum absolute atomic E-state index is 6.49. The van der Waals surface area contributed by atoms with Gasteiger partial charge in [-0.2, -0.15) is 0 Å². The third-order valence-electron chi connectivity index (χ3n) is 5.58. The van der Waals surface area contributed by atoms with Crippen LogP contribution in [0.1, 0.15) is 23.6 Å². The molecule has 0 radical (unpaired) electrons. The highest BCUT2D eigenvalue weighted by Gasteiger charge is 2.07. The van der Waals surface area contributed by atoms with Crippen LogP contribution in [0.5, 0.6) is 0 Å². The van der Waals surface area contributed by atoms with Crippen LogP contribution in [0, 0.1) is 5.92 Å². The molecule has 0 amide bonds. The van der Waals surface area contributed by atoms with Crippen molar-refractivity contribution in [3.05, 3.63) is 129 Å². The first-order valence-electron chi connectivity index (χ1n) is 11.1. The molecule has 3 aromatic rings. The van der Waals surface area contributed by atoms with Crippen LogP contribution in [-0.4, -0.2) is 14.1 Å². The molecule has 0 fully saturated rings.